The van der Waals surface area contributed by atoms with E-state index in [-0.39, 0.29) is 5.91 Å². The van der Waals surface area contributed by atoms with Crippen molar-refractivity contribution in [1.82, 2.24) is 0 Å². The number of anilines is 1. The van der Waals surface area contributed by atoms with Gasteiger partial charge in [0.2, 0.25) is 0 Å². The summed E-state index contributed by atoms with van der Waals surface area (Å²) in [7, 11) is 3.37. The Morgan fingerprint density at radius 3 is 2.76 bits per heavy atom. The van der Waals surface area contributed by atoms with Gasteiger partial charge in [0.1, 0.15) is 11.5 Å². The fourth-order valence-electron chi connectivity index (χ4n) is 2.12. The number of halogens is 1. The zero-order valence-electron chi connectivity index (χ0n) is 9.62. The summed E-state index contributed by atoms with van der Waals surface area (Å²) in [6.45, 7) is 0. The van der Waals surface area contributed by atoms with Crippen LogP contribution in [0.25, 0.3) is 0 Å². The van der Waals surface area contributed by atoms with Crippen LogP contribution in [0, 0.1) is 0 Å². The van der Waals surface area contributed by atoms with Gasteiger partial charge >= 0.3 is 0 Å². The summed E-state index contributed by atoms with van der Waals surface area (Å²) < 4.78 is 11.9. The lowest BCUT2D eigenvalue weighted by molar-refractivity contribution is -0.127. The minimum absolute atomic E-state index is 0.0365. The fraction of sp³-hybridized carbons (Fsp3) is 0.417. The first-order valence-corrected chi connectivity index (χ1v) is 6.21. The van der Waals surface area contributed by atoms with E-state index >= 15 is 0 Å². The van der Waals surface area contributed by atoms with E-state index in [1.54, 1.807) is 19.1 Å². The number of benzene rings is 1. The summed E-state index contributed by atoms with van der Waals surface area (Å²) in [6.07, 6.45) is 1.61. The maximum atomic E-state index is 12.1. The summed E-state index contributed by atoms with van der Waals surface area (Å²) in [5.74, 6) is 1.46. The number of hydrogen-bond acceptors (Lipinski definition) is 3. The number of ether oxygens (including phenoxy) is 2. The maximum Gasteiger partial charge on any atom is 0.271 e. The van der Waals surface area contributed by atoms with Crippen LogP contribution in [0.3, 0.4) is 0 Å². The topological polar surface area (TPSA) is 38.8 Å². The van der Waals surface area contributed by atoms with Gasteiger partial charge in [-0.15, -0.1) is 0 Å². The molecule has 0 atom stereocenters. The Hall–Kier alpha value is -1.23. The van der Waals surface area contributed by atoms with Crippen molar-refractivity contribution in [3.8, 4) is 11.5 Å². The van der Waals surface area contributed by atoms with Crippen LogP contribution in [0.2, 0.25) is 0 Å². The molecule has 1 aliphatic carbocycles. The van der Waals surface area contributed by atoms with Crippen molar-refractivity contribution in [3.63, 3.8) is 0 Å². The van der Waals surface area contributed by atoms with Crippen LogP contribution in [-0.4, -0.2) is 25.7 Å². The molecule has 1 saturated carbocycles. The Bertz CT molecular complexity index is 511. The van der Waals surface area contributed by atoms with Crippen LogP contribution in [-0.2, 0) is 4.79 Å². The van der Waals surface area contributed by atoms with Gasteiger partial charge in [0.25, 0.3) is 5.91 Å². The molecule has 1 spiro atoms. The van der Waals surface area contributed by atoms with Crippen LogP contribution >= 0.6 is 15.9 Å². The molecule has 1 aromatic carbocycles. The average Bonchev–Trinajstić information content (AvgIpc) is 3.07. The highest BCUT2D eigenvalue weighted by Crippen LogP contribution is 2.50. The van der Waals surface area contributed by atoms with E-state index in [1.807, 2.05) is 12.1 Å². The molecular formula is C12H12BrNO3. The minimum Gasteiger partial charge on any atom is -0.495 e. The molecule has 17 heavy (non-hydrogen) atoms. The first-order chi connectivity index (χ1) is 8.07. The second-order valence-electron chi connectivity index (χ2n) is 4.42. The Morgan fingerprint density at radius 1 is 1.47 bits per heavy atom. The lowest BCUT2D eigenvalue weighted by atomic mass is 10.1. The summed E-state index contributed by atoms with van der Waals surface area (Å²) in [4.78, 5) is 13.8. The molecule has 2 aliphatic rings. The van der Waals surface area contributed by atoms with Crippen molar-refractivity contribution in [2.45, 2.75) is 18.4 Å². The van der Waals surface area contributed by atoms with Gasteiger partial charge < -0.3 is 14.4 Å². The number of carbonyl (C=O) groups excluding carboxylic acids is 1. The SMILES string of the molecule is COc1cc2c(cc1Br)OC1(CC1)C(=O)N2C. The molecule has 0 N–H and O–H groups in total. The number of rotatable bonds is 1. The standard InChI is InChI=1S/C12H12BrNO3/c1-14-8-6-9(16-2)7(13)5-10(8)17-12(3-4-12)11(14)15/h5-6H,3-4H2,1-2H3. The van der Waals surface area contributed by atoms with E-state index in [1.165, 1.54) is 0 Å². The third-order valence-electron chi connectivity index (χ3n) is 3.30. The first kappa shape index (κ1) is 10.9. The number of fused-ring (bicyclic) bond motifs is 1. The highest BCUT2D eigenvalue weighted by atomic mass is 79.9. The first-order valence-electron chi connectivity index (χ1n) is 5.42. The molecule has 5 heteroatoms. The summed E-state index contributed by atoms with van der Waals surface area (Å²) in [5.41, 5.74) is 0.169. The molecule has 0 aromatic heterocycles. The van der Waals surface area contributed by atoms with E-state index in [0.29, 0.717) is 5.75 Å². The lowest BCUT2D eigenvalue weighted by Crippen LogP contribution is -2.45. The fourth-order valence-corrected chi connectivity index (χ4v) is 2.61. The second kappa shape index (κ2) is 3.38. The van der Waals surface area contributed by atoms with Crippen LogP contribution in [0.5, 0.6) is 11.5 Å². The van der Waals surface area contributed by atoms with Crippen LogP contribution in [0.15, 0.2) is 16.6 Å². The van der Waals surface area contributed by atoms with Crippen molar-refractivity contribution < 1.29 is 14.3 Å². The largest absolute Gasteiger partial charge is 0.495 e. The maximum absolute atomic E-state index is 12.1. The van der Waals surface area contributed by atoms with Crippen LogP contribution in [0.1, 0.15) is 12.8 Å². The van der Waals surface area contributed by atoms with Gasteiger partial charge in [-0.3, -0.25) is 4.79 Å². The summed E-state index contributed by atoms with van der Waals surface area (Å²) in [5, 5.41) is 0. The molecule has 0 unspecified atom stereocenters. The molecule has 1 aliphatic heterocycles. The average molecular weight is 298 g/mol. The van der Waals surface area contributed by atoms with Crippen LogP contribution < -0.4 is 14.4 Å². The number of methoxy groups -OCH3 is 1. The van der Waals surface area contributed by atoms with E-state index in [9.17, 15) is 4.79 Å². The van der Waals surface area contributed by atoms with E-state index in [2.05, 4.69) is 15.9 Å². The van der Waals surface area contributed by atoms with E-state index in [4.69, 9.17) is 9.47 Å². The Labute approximate surface area is 108 Å². The zero-order chi connectivity index (χ0) is 12.2. The summed E-state index contributed by atoms with van der Waals surface area (Å²) in [6, 6.07) is 3.67. The van der Waals surface area contributed by atoms with Crippen LogP contribution in [0.4, 0.5) is 5.69 Å². The molecular weight excluding hydrogens is 286 g/mol. The zero-order valence-corrected chi connectivity index (χ0v) is 11.2. The van der Waals surface area contributed by atoms with E-state index < -0.39 is 5.60 Å². The number of likely N-dealkylation sites (N-methyl/N-ethyl adjacent to an activating group) is 1. The van der Waals surface area contributed by atoms with Gasteiger partial charge in [-0.05, 0) is 15.9 Å². The third-order valence-corrected chi connectivity index (χ3v) is 3.92. The Kier molecular flexibility index (Phi) is 2.17. The number of amides is 1. The molecule has 1 aromatic rings. The molecule has 1 heterocycles. The molecule has 0 saturated heterocycles. The van der Waals surface area contributed by atoms with Gasteiger partial charge in [-0.2, -0.15) is 0 Å². The van der Waals surface area contributed by atoms with Gasteiger partial charge in [-0.1, -0.05) is 0 Å². The second-order valence-corrected chi connectivity index (χ2v) is 5.27. The molecule has 1 amide bonds. The van der Waals surface area contributed by atoms with Gasteiger partial charge in [0.05, 0.1) is 17.3 Å². The quantitative estimate of drug-likeness (QED) is 0.799. The predicted octanol–water partition coefficient (Wildman–Crippen LogP) is 2.35. The molecule has 0 bridgehead atoms. The van der Waals surface area contributed by atoms with Crippen molar-refractivity contribution in [1.29, 1.82) is 0 Å². The van der Waals surface area contributed by atoms with Crippen molar-refractivity contribution in [2.24, 2.45) is 0 Å². The monoisotopic (exact) mass is 297 g/mol. The summed E-state index contributed by atoms with van der Waals surface area (Å²) >= 11 is 3.42. The minimum atomic E-state index is -0.588. The predicted molar refractivity (Wildman–Crippen MR) is 66.7 cm³/mol. The van der Waals surface area contributed by atoms with Crippen molar-refractivity contribution in [2.75, 3.05) is 19.1 Å². The third kappa shape index (κ3) is 1.45. The van der Waals surface area contributed by atoms with Crippen molar-refractivity contribution >= 4 is 27.5 Å². The highest BCUT2D eigenvalue weighted by molar-refractivity contribution is 9.10. The lowest BCUT2D eigenvalue weighted by Gasteiger charge is -2.32. The van der Waals surface area contributed by atoms with Gasteiger partial charge in [-0.25, -0.2) is 0 Å². The van der Waals surface area contributed by atoms with Gasteiger partial charge in [0, 0.05) is 32.0 Å². The number of hydrogen-bond donors (Lipinski definition) is 0. The van der Waals surface area contributed by atoms with Crippen molar-refractivity contribution in [3.05, 3.63) is 16.6 Å². The number of nitrogens with zero attached hydrogens (tertiary/aromatic N) is 1. The molecule has 1 fully saturated rings. The normalized spacial score (nSPS) is 19.9. The Balaban J connectivity index is 2.12. The van der Waals surface area contributed by atoms with Gasteiger partial charge in [0.15, 0.2) is 5.60 Å². The smallest absolute Gasteiger partial charge is 0.271 e. The van der Waals surface area contributed by atoms with E-state index in [0.717, 1.165) is 28.8 Å². The Morgan fingerprint density at radius 2 is 2.18 bits per heavy atom. The molecule has 90 valence electrons. The molecule has 0 radical (unpaired) electrons. The number of carbonyl (C=O) groups is 1. The molecule has 4 nitrogen and oxygen atoms in total. The highest BCUT2D eigenvalue weighted by Gasteiger charge is 2.57. The molecule has 3 rings (SSSR count).